The molecule has 7 heteroatoms. The van der Waals surface area contributed by atoms with Crippen LogP contribution in [0.25, 0.3) is 0 Å². The fraction of sp³-hybridized carbons (Fsp3) is 0.421. The Balaban J connectivity index is 1.44. The SMILES string of the molecule is COc1cccc(CCNc2cnc(C(=O)NCC3CCCO3)cn2)c1. The molecule has 3 rings (SSSR count). The van der Waals surface area contributed by atoms with Crippen molar-refractivity contribution in [2.45, 2.75) is 25.4 Å². The van der Waals surface area contributed by atoms with Crippen molar-refractivity contribution in [2.24, 2.45) is 0 Å². The van der Waals surface area contributed by atoms with Crippen molar-refractivity contribution in [1.29, 1.82) is 0 Å². The zero-order chi connectivity index (χ0) is 18.2. The first-order valence-electron chi connectivity index (χ1n) is 8.83. The molecule has 1 fully saturated rings. The molecule has 1 aromatic heterocycles. The summed E-state index contributed by atoms with van der Waals surface area (Å²) in [6.45, 7) is 2.00. The van der Waals surface area contributed by atoms with Gasteiger partial charge in [0, 0.05) is 19.7 Å². The fourth-order valence-corrected chi connectivity index (χ4v) is 2.80. The van der Waals surface area contributed by atoms with Crippen molar-refractivity contribution < 1.29 is 14.3 Å². The van der Waals surface area contributed by atoms with Gasteiger partial charge in [-0.1, -0.05) is 12.1 Å². The first-order chi connectivity index (χ1) is 12.7. The largest absolute Gasteiger partial charge is 0.497 e. The van der Waals surface area contributed by atoms with Crippen LogP contribution in [-0.4, -0.2) is 48.8 Å². The summed E-state index contributed by atoms with van der Waals surface area (Å²) in [7, 11) is 1.66. The van der Waals surface area contributed by atoms with Crippen LogP contribution in [0.5, 0.6) is 5.75 Å². The van der Waals surface area contributed by atoms with Crippen molar-refractivity contribution >= 4 is 11.7 Å². The second-order valence-corrected chi connectivity index (χ2v) is 6.16. The minimum atomic E-state index is -0.226. The Bertz CT molecular complexity index is 715. The number of rotatable bonds is 8. The summed E-state index contributed by atoms with van der Waals surface area (Å²) < 4.78 is 10.7. The number of aromatic nitrogens is 2. The Morgan fingerprint density at radius 3 is 3.00 bits per heavy atom. The van der Waals surface area contributed by atoms with E-state index in [2.05, 4.69) is 26.7 Å². The monoisotopic (exact) mass is 356 g/mol. The molecule has 2 aromatic rings. The van der Waals surface area contributed by atoms with E-state index < -0.39 is 0 Å². The number of nitrogens with zero attached hydrogens (tertiary/aromatic N) is 2. The smallest absolute Gasteiger partial charge is 0.271 e. The van der Waals surface area contributed by atoms with Gasteiger partial charge in [-0.25, -0.2) is 9.97 Å². The Morgan fingerprint density at radius 2 is 2.27 bits per heavy atom. The Labute approximate surface area is 153 Å². The van der Waals surface area contributed by atoms with Gasteiger partial charge >= 0.3 is 0 Å². The maximum absolute atomic E-state index is 12.1. The van der Waals surface area contributed by atoms with E-state index in [1.807, 2.05) is 18.2 Å². The van der Waals surface area contributed by atoms with Crippen LogP contribution in [0.2, 0.25) is 0 Å². The molecule has 2 heterocycles. The van der Waals surface area contributed by atoms with Crippen molar-refractivity contribution in [3.05, 3.63) is 47.9 Å². The molecule has 0 bridgehead atoms. The van der Waals surface area contributed by atoms with Crippen LogP contribution in [0.15, 0.2) is 36.7 Å². The molecule has 1 saturated heterocycles. The molecular formula is C19H24N4O3. The predicted octanol–water partition coefficient (Wildman–Crippen LogP) is 2.05. The summed E-state index contributed by atoms with van der Waals surface area (Å²) in [5.41, 5.74) is 1.48. The van der Waals surface area contributed by atoms with E-state index in [1.165, 1.54) is 11.8 Å². The van der Waals surface area contributed by atoms with Gasteiger partial charge in [-0.15, -0.1) is 0 Å². The van der Waals surface area contributed by atoms with Crippen molar-refractivity contribution in [2.75, 3.05) is 32.1 Å². The van der Waals surface area contributed by atoms with E-state index in [0.717, 1.165) is 31.6 Å². The number of carbonyl (C=O) groups is 1. The minimum absolute atomic E-state index is 0.115. The van der Waals surface area contributed by atoms with Gasteiger partial charge in [0.2, 0.25) is 0 Å². The summed E-state index contributed by atoms with van der Waals surface area (Å²) >= 11 is 0. The third-order valence-corrected chi connectivity index (χ3v) is 4.25. The molecular weight excluding hydrogens is 332 g/mol. The number of methoxy groups -OCH3 is 1. The molecule has 1 aromatic carbocycles. The van der Waals surface area contributed by atoms with Crippen LogP contribution in [0.4, 0.5) is 5.82 Å². The fourth-order valence-electron chi connectivity index (χ4n) is 2.80. The Kier molecular flexibility index (Phi) is 6.38. The molecule has 1 aliphatic rings. The maximum Gasteiger partial charge on any atom is 0.271 e. The number of nitrogens with one attached hydrogen (secondary N) is 2. The third kappa shape index (κ3) is 5.16. The summed E-state index contributed by atoms with van der Waals surface area (Å²) in [5.74, 6) is 1.26. The highest BCUT2D eigenvalue weighted by Crippen LogP contribution is 2.13. The molecule has 2 N–H and O–H groups in total. The molecule has 1 unspecified atom stereocenters. The summed E-state index contributed by atoms with van der Waals surface area (Å²) in [5, 5.41) is 6.04. The van der Waals surface area contributed by atoms with Crippen LogP contribution < -0.4 is 15.4 Å². The molecule has 7 nitrogen and oxygen atoms in total. The van der Waals surface area contributed by atoms with E-state index in [4.69, 9.17) is 9.47 Å². The molecule has 1 atom stereocenters. The van der Waals surface area contributed by atoms with Crippen LogP contribution in [0, 0.1) is 0 Å². The maximum atomic E-state index is 12.1. The first kappa shape index (κ1) is 18.1. The highest BCUT2D eigenvalue weighted by atomic mass is 16.5. The Hall–Kier alpha value is -2.67. The zero-order valence-corrected chi connectivity index (χ0v) is 14.9. The molecule has 26 heavy (non-hydrogen) atoms. The minimum Gasteiger partial charge on any atom is -0.497 e. The number of carbonyl (C=O) groups excluding carboxylic acids is 1. The standard InChI is InChI=1S/C19H24N4O3/c1-25-15-5-2-4-14(10-15)7-8-20-18-13-21-17(12-22-18)19(24)23-11-16-6-3-9-26-16/h2,4-5,10,12-13,16H,3,6-9,11H2,1H3,(H,20,22)(H,23,24). The summed E-state index contributed by atoms with van der Waals surface area (Å²) in [6.07, 6.45) is 6.05. The molecule has 0 saturated carbocycles. The topological polar surface area (TPSA) is 85.4 Å². The number of hydrogen-bond acceptors (Lipinski definition) is 6. The normalized spacial score (nSPS) is 16.3. The highest BCUT2D eigenvalue weighted by molar-refractivity contribution is 5.92. The lowest BCUT2D eigenvalue weighted by atomic mass is 10.1. The van der Waals surface area contributed by atoms with E-state index in [-0.39, 0.29) is 12.0 Å². The lowest BCUT2D eigenvalue weighted by Crippen LogP contribution is -2.32. The lowest BCUT2D eigenvalue weighted by molar-refractivity contribution is 0.0853. The average molecular weight is 356 g/mol. The van der Waals surface area contributed by atoms with Gasteiger partial charge in [0.25, 0.3) is 5.91 Å². The number of anilines is 1. The van der Waals surface area contributed by atoms with Crippen molar-refractivity contribution in [1.82, 2.24) is 15.3 Å². The van der Waals surface area contributed by atoms with Gasteiger partial charge in [-0.05, 0) is 37.0 Å². The number of amides is 1. The Morgan fingerprint density at radius 1 is 1.35 bits per heavy atom. The van der Waals surface area contributed by atoms with Crippen LogP contribution in [-0.2, 0) is 11.2 Å². The highest BCUT2D eigenvalue weighted by Gasteiger charge is 2.17. The summed E-state index contributed by atoms with van der Waals surface area (Å²) in [4.78, 5) is 20.5. The van der Waals surface area contributed by atoms with E-state index in [0.29, 0.717) is 24.6 Å². The molecule has 1 aliphatic heterocycles. The number of hydrogen-bond donors (Lipinski definition) is 2. The van der Waals surface area contributed by atoms with Gasteiger partial charge in [0.1, 0.15) is 17.3 Å². The molecule has 0 aliphatic carbocycles. The van der Waals surface area contributed by atoms with Crippen LogP contribution in [0.3, 0.4) is 0 Å². The molecule has 0 spiro atoms. The second-order valence-electron chi connectivity index (χ2n) is 6.16. The van der Waals surface area contributed by atoms with Gasteiger partial charge in [0.05, 0.1) is 25.6 Å². The quantitative estimate of drug-likeness (QED) is 0.753. The summed E-state index contributed by atoms with van der Waals surface area (Å²) in [6, 6.07) is 7.95. The van der Waals surface area contributed by atoms with Gasteiger partial charge in [-0.3, -0.25) is 4.79 Å². The number of ether oxygens (including phenoxy) is 2. The van der Waals surface area contributed by atoms with Crippen LogP contribution in [0.1, 0.15) is 28.9 Å². The zero-order valence-electron chi connectivity index (χ0n) is 14.9. The number of benzene rings is 1. The van der Waals surface area contributed by atoms with Crippen LogP contribution >= 0.6 is 0 Å². The van der Waals surface area contributed by atoms with Gasteiger partial charge in [-0.2, -0.15) is 0 Å². The molecule has 0 radical (unpaired) electrons. The van der Waals surface area contributed by atoms with Gasteiger partial charge in [0.15, 0.2) is 0 Å². The second kappa shape index (κ2) is 9.15. The average Bonchev–Trinajstić information content (AvgIpc) is 3.20. The van der Waals surface area contributed by atoms with E-state index >= 15 is 0 Å². The lowest BCUT2D eigenvalue weighted by Gasteiger charge is -2.10. The van der Waals surface area contributed by atoms with E-state index in [9.17, 15) is 4.79 Å². The van der Waals surface area contributed by atoms with Crippen molar-refractivity contribution in [3.8, 4) is 5.75 Å². The van der Waals surface area contributed by atoms with Gasteiger partial charge < -0.3 is 20.1 Å². The molecule has 138 valence electrons. The first-order valence-corrected chi connectivity index (χ1v) is 8.83. The van der Waals surface area contributed by atoms with E-state index in [1.54, 1.807) is 13.3 Å². The van der Waals surface area contributed by atoms with Crippen molar-refractivity contribution in [3.63, 3.8) is 0 Å². The molecule has 1 amide bonds. The predicted molar refractivity (Wildman–Crippen MR) is 98.5 cm³/mol. The third-order valence-electron chi connectivity index (χ3n) is 4.25.